The van der Waals surface area contributed by atoms with E-state index in [4.69, 9.17) is 11.6 Å². The summed E-state index contributed by atoms with van der Waals surface area (Å²) in [5, 5.41) is 6.30. The van der Waals surface area contributed by atoms with Crippen LogP contribution in [-0.4, -0.2) is 20.5 Å². The highest BCUT2D eigenvalue weighted by molar-refractivity contribution is 6.17. The van der Waals surface area contributed by atoms with Crippen molar-refractivity contribution < 1.29 is 0 Å². The smallest absolute Gasteiger partial charge is 0.247 e. The minimum absolute atomic E-state index is 0.190. The Labute approximate surface area is 85.5 Å². The minimum Gasteiger partial charge on any atom is -0.247 e. The maximum Gasteiger partial charge on any atom is 0.347 e. The molecule has 0 radical (unpaired) electrons. The summed E-state index contributed by atoms with van der Waals surface area (Å²) in [7, 11) is 0. The zero-order valence-corrected chi connectivity index (χ0v) is 8.29. The van der Waals surface area contributed by atoms with Gasteiger partial charge in [-0.05, 0) is 25.0 Å². The summed E-state index contributed by atoms with van der Waals surface area (Å²) >= 11 is 5.61. The number of aryl methyl sites for hydroxylation is 1. The van der Waals surface area contributed by atoms with Crippen LogP contribution >= 0.6 is 11.6 Å². The van der Waals surface area contributed by atoms with Gasteiger partial charge in [0.15, 0.2) is 5.65 Å². The molecule has 0 saturated carbocycles. The van der Waals surface area contributed by atoms with E-state index in [1.54, 1.807) is 10.5 Å². The van der Waals surface area contributed by atoms with Crippen LogP contribution in [0.2, 0.25) is 0 Å². The molecule has 2 aromatic heterocycles. The summed E-state index contributed by atoms with van der Waals surface area (Å²) in [6.45, 7) is 0. The molecule has 74 valence electrons. The van der Waals surface area contributed by atoms with E-state index in [0.717, 1.165) is 18.5 Å². The lowest BCUT2D eigenvalue weighted by molar-refractivity contribution is 0.848. The van der Waals surface area contributed by atoms with Crippen molar-refractivity contribution in [1.82, 2.24) is 14.6 Å². The average Bonchev–Trinajstić information content (AvgIpc) is 2.58. The van der Waals surface area contributed by atoms with E-state index >= 15 is 0 Å². The number of hydrogen-bond acceptors (Lipinski definition) is 2. The standard InChI is InChI=1S/C9H10ClN3O/c10-6-2-4-7-3-1-5-8-11-12-9(14)13(7)8/h1,3,5H,2,4,6H2,(H,12,14). The van der Waals surface area contributed by atoms with E-state index in [1.165, 1.54) is 0 Å². The largest absolute Gasteiger partial charge is 0.347 e. The second-order valence-electron chi connectivity index (χ2n) is 3.03. The molecule has 0 spiro atoms. The molecular formula is C9H10ClN3O. The van der Waals surface area contributed by atoms with Crippen molar-refractivity contribution >= 4 is 17.2 Å². The third-order valence-electron chi connectivity index (χ3n) is 2.09. The molecule has 0 aliphatic carbocycles. The van der Waals surface area contributed by atoms with E-state index in [2.05, 4.69) is 10.2 Å². The first-order chi connectivity index (χ1) is 6.83. The summed E-state index contributed by atoms with van der Waals surface area (Å²) in [5.74, 6) is 0.600. The number of halogens is 1. The second kappa shape index (κ2) is 3.84. The summed E-state index contributed by atoms with van der Waals surface area (Å²) in [6, 6.07) is 5.59. The maximum absolute atomic E-state index is 11.4. The molecule has 0 aliphatic heterocycles. The molecule has 2 aromatic rings. The molecule has 1 N–H and O–H groups in total. The fourth-order valence-corrected chi connectivity index (χ4v) is 1.59. The predicted molar refractivity (Wildman–Crippen MR) is 54.9 cm³/mol. The maximum atomic E-state index is 11.4. The fraction of sp³-hybridized carbons (Fsp3) is 0.333. The van der Waals surface area contributed by atoms with Gasteiger partial charge in [-0.15, -0.1) is 11.6 Å². The van der Waals surface area contributed by atoms with Crippen molar-refractivity contribution in [2.75, 3.05) is 5.88 Å². The van der Waals surface area contributed by atoms with Gasteiger partial charge in [-0.25, -0.2) is 14.3 Å². The molecule has 0 atom stereocenters. The molecule has 0 aliphatic rings. The highest BCUT2D eigenvalue weighted by Gasteiger charge is 2.03. The van der Waals surface area contributed by atoms with Crippen LogP contribution in [-0.2, 0) is 6.42 Å². The molecule has 0 amide bonds. The molecule has 4 nitrogen and oxygen atoms in total. The zero-order valence-electron chi connectivity index (χ0n) is 7.53. The Kier molecular flexibility index (Phi) is 2.54. The van der Waals surface area contributed by atoms with Crippen LogP contribution in [0, 0.1) is 0 Å². The number of aromatic amines is 1. The van der Waals surface area contributed by atoms with E-state index in [9.17, 15) is 4.79 Å². The van der Waals surface area contributed by atoms with E-state index in [-0.39, 0.29) is 5.69 Å². The normalized spacial score (nSPS) is 10.9. The van der Waals surface area contributed by atoms with Gasteiger partial charge >= 0.3 is 5.69 Å². The number of pyridine rings is 1. The van der Waals surface area contributed by atoms with Crippen molar-refractivity contribution in [3.63, 3.8) is 0 Å². The van der Waals surface area contributed by atoms with E-state index in [1.807, 2.05) is 12.1 Å². The third-order valence-corrected chi connectivity index (χ3v) is 2.35. The van der Waals surface area contributed by atoms with Gasteiger partial charge < -0.3 is 0 Å². The Morgan fingerprint density at radius 2 is 2.36 bits per heavy atom. The zero-order chi connectivity index (χ0) is 9.97. The lowest BCUT2D eigenvalue weighted by Crippen LogP contribution is -2.13. The quantitative estimate of drug-likeness (QED) is 0.776. The number of fused-ring (bicyclic) bond motifs is 1. The van der Waals surface area contributed by atoms with Crippen molar-refractivity contribution in [2.24, 2.45) is 0 Å². The van der Waals surface area contributed by atoms with Crippen LogP contribution < -0.4 is 5.69 Å². The SMILES string of the molecule is O=c1[nH]nc2cccc(CCCCl)n12. The van der Waals surface area contributed by atoms with Crippen molar-refractivity contribution in [3.8, 4) is 0 Å². The van der Waals surface area contributed by atoms with Gasteiger partial charge in [0.1, 0.15) is 0 Å². The van der Waals surface area contributed by atoms with Crippen LogP contribution in [0.4, 0.5) is 0 Å². The van der Waals surface area contributed by atoms with Gasteiger partial charge in [0.2, 0.25) is 0 Å². The molecule has 0 saturated heterocycles. The molecule has 0 aromatic carbocycles. The molecule has 2 heterocycles. The van der Waals surface area contributed by atoms with Gasteiger partial charge in [-0.3, -0.25) is 0 Å². The summed E-state index contributed by atoms with van der Waals surface area (Å²) in [5.41, 5.74) is 1.41. The Bertz CT molecular complexity index is 488. The van der Waals surface area contributed by atoms with Gasteiger partial charge in [-0.2, -0.15) is 5.10 Å². The Balaban J connectivity index is 2.52. The number of nitrogens with one attached hydrogen (secondary N) is 1. The van der Waals surface area contributed by atoms with Gasteiger partial charge in [0.05, 0.1) is 0 Å². The summed E-state index contributed by atoms with van der Waals surface area (Å²) in [6.07, 6.45) is 1.65. The molecule has 14 heavy (non-hydrogen) atoms. The van der Waals surface area contributed by atoms with Gasteiger partial charge in [0, 0.05) is 11.6 Å². The Hall–Kier alpha value is -1.29. The summed E-state index contributed by atoms with van der Waals surface area (Å²) in [4.78, 5) is 11.4. The van der Waals surface area contributed by atoms with Gasteiger partial charge in [-0.1, -0.05) is 6.07 Å². The molecule has 0 unspecified atom stereocenters. The van der Waals surface area contributed by atoms with E-state index in [0.29, 0.717) is 11.5 Å². The lowest BCUT2D eigenvalue weighted by atomic mass is 10.2. The molecule has 5 heteroatoms. The van der Waals surface area contributed by atoms with Crippen molar-refractivity contribution in [2.45, 2.75) is 12.8 Å². The highest BCUT2D eigenvalue weighted by atomic mass is 35.5. The first kappa shape index (κ1) is 9.27. The fourth-order valence-electron chi connectivity index (χ4n) is 1.46. The first-order valence-corrected chi connectivity index (χ1v) is 4.97. The monoisotopic (exact) mass is 211 g/mol. The molecule has 0 fully saturated rings. The number of H-pyrrole nitrogens is 1. The Morgan fingerprint density at radius 1 is 1.50 bits per heavy atom. The minimum atomic E-state index is -0.190. The first-order valence-electron chi connectivity index (χ1n) is 4.44. The van der Waals surface area contributed by atoms with Crippen LogP contribution in [0.15, 0.2) is 23.0 Å². The second-order valence-corrected chi connectivity index (χ2v) is 3.41. The average molecular weight is 212 g/mol. The van der Waals surface area contributed by atoms with Gasteiger partial charge in [0.25, 0.3) is 0 Å². The summed E-state index contributed by atoms with van der Waals surface area (Å²) < 4.78 is 1.58. The number of nitrogens with zero attached hydrogens (tertiary/aromatic N) is 2. The number of hydrogen-bond donors (Lipinski definition) is 1. The number of alkyl halides is 1. The van der Waals surface area contributed by atoms with Crippen LogP contribution in [0.25, 0.3) is 5.65 Å². The van der Waals surface area contributed by atoms with E-state index < -0.39 is 0 Å². The van der Waals surface area contributed by atoms with Crippen LogP contribution in [0.3, 0.4) is 0 Å². The molecular weight excluding hydrogens is 202 g/mol. The Morgan fingerprint density at radius 3 is 3.14 bits per heavy atom. The topological polar surface area (TPSA) is 50.2 Å². The lowest BCUT2D eigenvalue weighted by Gasteiger charge is -2.01. The third kappa shape index (κ3) is 1.53. The molecule has 2 rings (SSSR count). The van der Waals surface area contributed by atoms with Crippen LogP contribution in [0.5, 0.6) is 0 Å². The number of aromatic nitrogens is 3. The van der Waals surface area contributed by atoms with Crippen molar-refractivity contribution in [3.05, 3.63) is 34.4 Å². The predicted octanol–water partition coefficient (Wildman–Crippen LogP) is 1.19. The highest BCUT2D eigenvalue weighted by Crippen LogP contribution is 2.05. The molecule has 0 bridgehead atoms. The van der Waals surface area contributed by atoms with Crippen LogP contribution in [0.1, 0.15) is 12.1 Å². The number of rotatable bonds is 3. The van der Waals surface area contributed by atoms with Crippen molar-refractivity contribution in [1.29, 1.82) is 0 Å².